The van der Waals surface area contributed by atoms with E-state index in [1.54, 1.807) is 6.92 Å². The van der Waals surface area contributed by atoms with Gasteiger partial charge in [0.25, 0.3) is 5.91 Å². The molecule has 0 radical (unpaired) electrons. The summed E-state index contributed by atoms with van der Waals surface area (Å²) in [5.41, 5.74) is 5.28. The first-order valence-electron chi connectivity index (χ1n) is 6.20. The van der Waals surface area contributed by atoms with Crippen molar-refractivity contribution in [2.75, 3.05) is 19.6 Å². The third-order valence-corrected chi connectivity index (χ3v) is 3.37. The van der Waals surface area contributed by atoms with Gasteiger partial charge in [-0.1, -0.05) is 0 Å². The van der Waals surface area contributed by atoms with Crippen LogP contribution in [0, 0.1) is 11.6 Å². The molecule has 7 heteroatoms. The fourth-order valence-electron chi connectivity index (χ4n) is 2.25. The Balaban J connectivity index is 2.13. The van der Waals surface area contributed by atoms with Gasteiger partial charge in [0.1, 0.15) is 0 Å². The normalized spacial score (nSPS) is 19.1. The van der Waals surface area contributed by atoms with Gasteiger partial charge in [0.05, 0.1) is 0 Å². The van der Waals surface area contributed by atoms with Gasteiger partial charge in [-0.2, -0.15) is 0 Å². The monoisotopic (exact) mass is 283 g/mol. The SMILES string of the molecule is CC1CN(C(N)=O)CCN1C(=O)c1ccc(F)c(F)c1. The first-order valence-corrected chi connectivity index (χ1v) is 6.20. The molecule has 1 fully saturated rings. The van der Waals surface area contributed by atoms with Crippen LogP contribution >= 0.6 is 0 Å². The molecule has 5 nitrogen and oxygen atoms in total. The maximum Gasteiger partial charge on any atom is 0.314 e. The summed E-state index contributed by atoms with van der Waals surface area (Å²) in [6.07, 6.45) is 0. The topological polar surface area (TPSA) is 66.6 Å². The number of urea groups is 1. The highest BCUT2D eigenvalue weighted by Gasteiger charge is 2.29. The van der Waals surface area contributed by atoms with Crippen LogP contribution in [0.25, 0.3) is 0 Å². The number of benzene rings is 1. The first-order chi connectivity index (χ1) is 9.40. The van der Waals surface area contributed by atoms with E-state index in [0.717, 1.165) is 12.1 Å². The maximum atomic E-state index is 13.2. The highest BCUT2D eigenvalue weighted by Crippen LogP contribution is 2.16. The van der Waals surface area contributed by atoms with E-state index >= 15 is 0 Å². The number of nitrogens with zero attached hydrogens (tertiary/aromatic N) is 2. The Hall–Kier alpha value is -2.18. The Morgan fingerprint density at radius 3 is 2.50 bits per heavy atom. The minimum Gasteiger partial charge on any atom is -0.351 e. The second-order valence-electron chi connectivity index (χ2n) is 4.76. The summed E-state index contributed by atoms with van der Waals surface area (Å²) in [5, 5.41) is 0. The lowest BCUT2D eigenvalue weighted by Gasteiger charge is -2.39. The lowest BCUT2D eigenvalue weighted by atomic mass is 10.1. The molecular weight excluding hydrogens is 268 g/mol. The molecule has 1 saturated heterocycles. The molecule has 2 rings (SSSR count). The van der Waals surface area contributed by atoms with Crippen LogP contribution in [0.4, 0.5) is 13.6 Å². The number of hydrogen-bond donors (Lipinski definition) is 1. The number of amides is 3. The smallest absolute Gasteiger partial charge is 0.314 e. The van der Waals surface area contributed by atoms with Crippen molar-refractivity contribution in [2.24, 2.45) is 5.73 Å². The fraction of sp³-hybridized carbons (Fsp3) is 0.385. The van der Waals surface area contributed by atoms with E-state index in [2.05, 4.69) is 0 Å². The Kier molecular flexibility index (Phi) is 3.87. The summed E-state index contributed by atoms with van der Waals surface area (Å²) in [6, 6.07) is 2.28. The first kappa shape index (κ1) is 14.2. The van der Waals surface area contributed by atoms with Crippen LogP contribution in [-0.4, -0.2) is 47.4 Å². The summed E-state index contributed by atoms with van der Waals surface area (Å²) in [4.78, 5) is 26.3. The molecule has 1 heterocycles. The zero-order chi connectivity index (χ0) is 14.9. The van der Waals surface area contributed by atoms with Gasteiger partial charge in [-0.25, -0.2) is 13.6 Å². The number of carbonyl (C=O) groups is 2. The van der Waals surface area contributed by atoms with Gasteiger partial charge >= 0.3 is 6.03 Å². The van der Waals surface area contributed by atoms with Crippen LogP contribution in [0.5, 0.6) is 0 Å². The standard InChI is InChI=1S/C13H15F2N3O2/c1-8-7-17(13(16)20)4-5-18(8)12(19)9-2-3-10(14)11(15)6-9/h2-3,6,8H,4-5,7H2,1H3,(H2,16,20). The van der Waals surface area contributed by atoms with Crippen molar-refractivity contribution in [1.29, 1.82) is 0 Å². The van der Waals surface area contributed by atoms with Crippen LogP contribution in [0.2, 0.25) is 0 Å². The quantitative estimate of drug-likeness (QED) is 0.841. The maximum absolute atomic E-state index is 13.2. The predicted molar refractivity (Wildman–Crippen MR) is 68.0 cm³/mol. The summed E-state index contributed by atoms with van der Waals surface area (Å²) < 4.78 is 26.0. The second kappa shape index (κ2) is 5.44. The van der Waals surface area contributed by atoms with E-state index in [0.29, 0.717) is 19.6 Å². The van der Waals surface area contributed by atoms with Crippen molar-refractivity contribution >= 4 is 11.9 Å². The van der Waals surface area contributed by atoms with Crippen molar-refractivity contribution < 1.29 is 18.4 Å². The van der Waals surface area contributed by atoms with Gasteiger partial charge in [-0.05, 0) is 25.1 Å². The van der Waals surface area contributed by atoms with Gasteiger partial charge in [-0.15, -0.1) is 0 Å². The number of rotatable bonds is 1. The average Bonchev–Trinajstić information content (AvgIpc) is 2.41. The molecule has 0 aliphatic carbocycles. The van der Waals surface area contributed by atoms with Crippen LogP contribution in [0.3, 0.4) is 0 Å². The van der Waals surface area contributed by atoms with Crippen LogP contribution < -0.4 is 5.73 Å². The summed E-state index contributed by atoms with van der Waals surface area (Å²) in [7, 11) is 0. The average molecular weight is 283 g/mol. The van der Waals surface area contributed by atoms with E-state index in [4.69, 9.17) is 5.73 Å². The van der Waals surface area contributed by atoms with Gasteiger partial charge in [0, 0.05) is 31.2 Å². The zero-order valence-electron chi connectivity index (χ0n) is 11.0. The molecule has 1 unspecified atom stereocenters. The molecule has 1 aromatic carbocycles. The fourth-order valence-corrected chi connectivity index (χ4v) is 2.25. The second-order valence-corrected chi connectivity index (χ2v) is 4.76. The zero-order valence-corrected chi connectivity index (χ0v) is 11.0. The van der Waals surface area contributed by atoms with E-state index < -0.39 is 17.7 Å². The lowest BCUT2D eigenvalue weighted by molar-refractivity contribution is 0.0546. The van der Waals surface area contributed by atoms with E-state index in [-0.39, 0.29) is 17.5 Å². The third kappa shape index (κ3) is 2.71. The van der Waals surface area contributed by atoms with Crippen molar-refractivity contribution in [3.63, 3.8) is 0 Å². The molecule has 2 N–H and O–H groups in total. The van der Waals surface area contributed by atoms with Gasteiger partial charge < -0.3 is 15.5 Å². The molecule has 108 valence electrons. The molecule has 0 aromatic heterocycles. The molecule has 3 amide bonds. The van der Waals surface area contributed by atoms with Crippen LogP contribution in [-0.2, 0) is 0 Å². The largest absolute Gasteiger partial charge is 0.351 e. The molecule has 0 bridgehead atoms. The van der Waals surface area contributed by atoms with Gasteiger partial charge in [-0.3, -0.25) is 4.79 Å². The molecule has 0 spiro atoms. The molecule has 1 aliphatic heterocycles. The van der Waals surface area contributed by atoms with Crippen molar-refractivity contribution in [2.45, 2.75) is 13.0 Å². The van der Waals surface area contributed by atoms with Crippen molar-refractivity contribution in [3.8, 4) is 0 Å². The van der Waals surface area contributed by atoms with Crippen molar-refractivity contribution in [1.82, 2.24) is 9.80 Å². The Morgan fingerprint density at radius 2 is 1.95 bits per heavy atom. The van der Waals surface area contributed by atoms with Crippen molar-refractivity contribution in [3.05, 3.63) is 35.4 Å². The molecule has 1 aliphatic rings. The number of piperazine rings is 1. The minimum absolute atomic E-state index is 0.0864. The number of hydrogen-bond acceptors (Lipinski definition) is 2. The Labute approximate surface area is 114 Å². The molecule has 1 aromatic rings. The van der Waals surface area contributed by atoms with Crippen LogP contribution in [0.15, 0.2) is 18.2 Å². The summed E-state index contributed by atoms with van der Waals surface area (Å²) >= 11 is 0. The van der Waals surface area contributed by atoms with E-state index in [1.807, 2.05) is 0 Å². The molecule has 0 saturated carbocycles. The number of halogens is 2. The number of primary amides is 1. The molecule has 1 atom stereocenters. The third-order valence-electron chi connectivity index (χ3n) is 3.37. The predicted octanol–water partition coefficient (Wildman–Crippen LogP) is 1.19. The van der Waals surface area contributed by atoms with E-state index in [9.17, 15) is 18.4 Å². The Bertz CT molecular complexity index is 550. The van der Waals surface area contributed by atoms with E-state index in [1.165, 1.54) is 15.9 Å². The molecule has 20 heavy (non-hydrogen) atoms. The number of carbonyl (C=O) groups excluding carboxylic acids is 2. The summed E-state index contributed by atoms with van der Waals surface area (Å²) in [6.45, 7) is 2.73. The van der Waals surface area contributed by atoms with Gasteiger partial charge in [0.15, 0.2) is 11.6 Å². The Morgan fingerprint density at radius 1 is 1.25 bits per heavy atom. The highest BCUT2D eigenvalue weighted by atomic mass is 19.2. The highest BCUT2D eigenvalue weighted by molar-refractivity contribution is 5.94. The summed E-state index contributed by atoms with van der Waals surface area (Å²) in [5.74, 6) is -2.44. The number of nitrogens with two attached hydrogens (primary N) is 1. The lowest BCUT2D eigenvalue weighted by Crippen LogP contribution is -2.56. The van der Waals surface area contributed by atoms with Crippen LogP contribution in [0.1, 0.15) is 17.3 Å². The minimum atomic E-state index is -1.06. The molecular formula is C13H15F2N3O2. The van der Waals surface area contributed by atoms with Gasteiger partial charge in [0.2, 0.25) is 0 Å².